The fourth-order valence-electron chi connectivity index (χ4n) is 9.83. The molecule has 0 aromatic heterocycles. The second-order valence-electron chi connectivity index (χ2n) is 23.1. The molecule has 0 aromatic carbocycles. The van der Waals surface area contributed by atoms with Crippen LogP contribution in [-0.2, 0) is 152 Å². The van der Waals surface area contributed by atoms with Crippen LogP contribution in [0.15, 0.2) is 0 Å². The van der Waals surface area contributed by atoms with Crippen LogP contribution >= 0.6 is 0 Å². The summed E-state index contributed by atoms with van der Waals surface area (Å²) >= 11 is 0. The Morgan fingerprint density at radius 3 is 0.991 bits per heavy atom. The Hall–Kier alpha value is -7.49. The van der Waals surface area contributed by atoms with Gasteiger partial charge in [0.05, 0.1) is 145 Å². The average molecular weight is 1530 g/mol. The predicted octanol–water partition coefficient (Wildman–Crippen LogP) is -5.27. The van der Waals surface area contributed by atoms with E-state index in [4.69, 9.17) is 100 Å². The number of aliphatic hydroxyl groups excluding tert-OH is 2. The van der Waals surface area contributed by atoms with Crippen molar-refractivity contribution >= 4 is 77.2 Å². The standard InChI is InChI=1S/C65H109N7O34/c1-41(75)69-56-60(103-47(7)81)58(101-45(5)79)51(39-99-43(3)77)105-64(56)97-37-35-90-21-15-67-62(86)49(9-11-53(83)66-14-20-89-23-17-73)71-54(84)12-10-50(72-55(85)13-19-88-25-27-93-29-31-95-33-34-96-32-30-94-28-26-92-24-18-74)63(87)68-16-22-91-36-38-98-65-57(70-42(2)76)61(104-48(8)82)59(102-46(6)80)52(106-65)40-100-44(4)78/h49-52,56-61,64-65,73-74H,9-40H2,1-8H3,(H,66,83)(H,67,86)(H,68,87)(H,69,75)(H,70,76)(H,71,84)(H,72,85)/t49-,50-,51?,52?,56?,57?,58?,59?,60?,61?,64?,65?/m0/s1. The summed E-state index contributed by atoms with van der Waals surface area (Å²) in [6, 6.07) is -5.20. The molecule has 0 bridgehead atoms. The second-order valence-corrected chi connectivity index (χ2v) is 23.1. The van der Waals surface area contributed by atoms with Crippen molar-refractivity contribution in [3.63, 3.8) is 0 Å². The molecule has 0 saturated carbocycles. The van der Waals surface area contributed by atoms with E-state index in [1.807, 2.05) is 0 Å². The molecular formula is C65H109N7O34. The van der Waals surface area contributed by atoms with E-state index < -0.39 is 170 Å². The van der Waals surface area contributed by atoms with Crippen LogP contribution in [0.5, 0.6) is 0 Å². The zero-order valence-corrected chi connectivity index (χ0v) is 61.5. The van der Waals surface area contributed by atoms with Crippen molar-refractivity contribution in [2.24, 2.45) is 0 Å². The SMILES string of the molecule is CC(=O)NC1C(OCCOCCNC(=O)[C@H](CCC(=O)NCCOCCO)NC(=O)CC[C@H](NC(=O)CCOCCOCCOCCOCCOCCOCCO)C(=O)NCCOCCOC2OC(COC(C)=O)C(OC(C)=O)C(OC(C)=O)C2NC(C)=O)OC(COC(C)=O)C(OC(C)=O)C1OC(C)=O. The number of ether oxygens (including phenoxy) is 19. The summed E-state index contributed by atoms with van der Waals surface area (Å²) in [5.41, 5.74) is 0. The number of hydrogen-bond donors (Lipinski definition) is 9. The van der Waals surface area contributed by atoms with E-state index in [9.17, 15) is 62.3 Å². The van der Waals surface area contributed by atoms with Crippen molar-refractivity contribution in [2.45, 2.75) is 161 Å². The summed E-state index contributed by atoms with van der Waals surface area (Å²) in [4.78, 5) is 165. The van der Waals surface area contributed by atoms with Crippen LogP contribution in [0.4, 0.5) is 0 Å². The smallest absolute Gasteiger partial charge is 0.303 e. The molecule has 9 N–H and O–H groups in total. The van der Waals surface area contributed by atoms with Crippen LogP contribution in [0.3, 0.4) is 0 Å². The molecular weight excluding hydrogens is 1420 g/mol. The van der Waals surface area contributed by atoms with Crippen LogP contribution in [-0.4, -0.2) is 339 Å². The number of amides is 7. The summed E-state index contributed by atoms with van der Waals surface area (Å²) in [5.74, 6) is -9.23. The lowest BCUT2D eigenvalue weighted by atomic mass is 9.96. The van der Waals surface area contributed by atoms with E-state index in [1.165, 1.54) is 13.8 Å². The second kappa shape index (κ2) is 57.7. The maximum absolute atomic E-state index is 13.9. The number of esters is 6. The van der Waals surface area contributed by atoms with Gasteiger partial charge in [-0.1, -0.05) is 0 Å². The van der Waals surface area contributed by atoms with Gasteiger partial charge in [0, 0.05) is 94.3 Å². The molecule has 7 amide bonds. The fourth-order valence-corrected chi connectivity index (χ4v) is 9.83. The highest BCUT2D eigenvalue weighted by Gasteiger charge is 2.53. The highest BCUT2D eigenvalue weighted by atomic mass is 16.7. The van der Waals surface area contributed by atoms with Gasteiger partial charge in [0.15, 0.2) is 37.0 Å². The summed E-state index contributed by atoms with van der Waals surface area (Å²) in [6.45, 7) is 9.59. The highest BCUT2D eigenvalue weighted by molar-refractivity contribution is 5.90. The largest absolute Gasteiger partial charge is 0.463 e. The Balaban J connectivity index is 2.17. The molecule has 10 unspecified atom stereocenters. The van der Waals surface area contributed by atoms with Gasteiger partial charge in [0.25, 0.3) is 0 Å². The molecule has 0 spiro atoms. The first-order valence-electron chi connectivity index (χ1n) is 34.6. The summed E-state index contributed by atoms with van der Waals surface area (Å²) < 4.78 is 105. The van der Waals surface area contributed by atoms with Gasteiger partial charge in [-0.3, -0.25) is 62.3 Å². The lowest BCUT2D eigenvalue weighted by molar-refractivity contribution is -0.279. The van der Waals surface area contributed by atoms with Crippen LogP contribution in [0.1, 0.15) is 87.5 Å². The zero-order valence-electron chi connectivity index (χ0n) is 61.5. The summed E-state index contributed by atoms with van der Waals surface area (Å²) in [7, 11) is 0. The quantitative estimate of drug-likeness (QED) is 0.0156. The number of rotatable bonds is 59. The Bertz CT molecular complexity index is 2630. The molecule has 41 heteroatoms. The molecule has 608 valence electrons. The normalized spacial score (nSPS) is 20.2. The fraction of sp³-hybridized carbons (Fsp3) is 0.800. The zero-order chi connectivity index (χ0) is 78.4. The average Bonchev–Trinajstić information content (AvgIpc) is 0.793. The van der Waals surface area contributed by atoms with Crippen molar-refractivity contribution in [1.29, 1.82) is 0 Å². The number of hydrogen-bond acceptors (Lipinski definition) is 34. The summed E-state index contributed by atoms with van der Waals surface area (Å²) in [5, 5.41) is 36.0. The first kappa shape index (κ1) is 94.6. The molecule has 0 aliphatic carbocycles. The van der Waals surface area contributed by atoms with E-state index in [0.29, 0.717) is 39.6 Å². The minimum Gasteiger partial charge on any atom is -0.463 e. The Kier molecular flexibility index (Phi) is 51.4. The monoisotopic (exact) mass is 1530 g/mol. The van der Waals surface area contributed by atoms with Gasteiger partial charge >= 0.3 is 35.8 Å². The van der Waals surface area contributed by atoms with Gasteiger partial charge in [-0.25, -0.2) is 0 Å². The third-order valence-electron chi connectivity index (χ3n) is 14.3. The van der Waals surface area contributed by atoms with Crippen LogP contribution in [0, 0.1) is 0 Å². The molecule has 2 aliphatic heterocycles. The van der Waals surface area contributed by atoms with Gasteiger partial charge in [-0.05, 0) is 12.8 Å². The third kappa shape index (κ3) is 44.6. The number of aliphatic hydroxyl groups is 2. The molecule has 12 atom stereocenters. The highest BCUT2D eigenvalue weighted by Crippen LogP contribution is 2.30. The molecule has 41 nitrogen and oxygen atoms in total. The van der Waals surface area contributed by atoms with Crippen molar-refractivity contribution in [1.82, 2.24) is 37.2 Å². The van der Waals surface area contributed by atoms with Gasteiger partial charge in [0.1, 0.15) is 49.6 Å². The number of nitrogens with one attached hydrogen (secondary N) is 7. The maximum atomic E-state index is 13.9. The molecule has 2 rings (SSSR count). The topological polar surface area (TPSA) is 522 Å². The lowest BCUT2D eigenvalue weighted by Gasteiger charge is -2.44. The minimum absolute atomic E-state index is 0.0337. The molecule has 2 heterocycles. The molecule has 2 aliphatic rings. The van der Waals surface area contributed by atoms with Crippen molar-refractivity contribution < 1.29 is 163 Å². The predicted molar refractivity (Wildman–Crippen MR) is 357 cm³/mol. The number of carbonyl (C=O) groups is 13. The van der Waals surface area contributed by atoms with Gasteiger partial charge in [-0.2, -0.15) is 0 Å². The maximum Gasteiger partial charge on any atom is 0.303 e. The first-order valence-corrected chi connectivity index (χ1v) is 34.6. The number of carbonyl (C=O) groups excluding carboxylic acids is 13. The first-order chi connectivity index (χ1) is 50.8. The van der Waals surface area contributed by atoms with Crippen LogP contribution in [0.2, 0.25) is 0 Å². The van der Waals surface area contributed by atoms with Crippen LogP contribution in [0.25, 0.3) is 0 Å². The minimum atomic E-state index is -1.38. The molecule has 2 saturated heterocycles. The van der Waals surface area contributed by atoms with E-state index >= 15 is 0 Å². The molecule has 2 fully saturated rings. The Morgan fingerprint density at radius 1 is 0.340 bits per heavy atom. The van der Waals surface area contributed by atoms with Gasteiger partial charge in [0.2, 0.25) is 41.4 Å². The van der Waals surface area contributed by atoms with Gasteiger partial charge < -0.3 is 137 Å². The lowest BCUT2D eigenvalue weighted by Crippen LogP contribution is -2.66. The molecule has 0 aromatic rings. The van der Waals surface area contributed by atoms with E-state index in [1.54, 1.807) is 0 Å². The Labute approximate surface area is 614 Å². The van der Waals surface area contributed by atoms with E-state index in [0.717, 1.165) is 41.5 Å². The van der Waals surface area contributed by atoms with E-state index in [-0.39, 0.29) is 151 Å². The van der Waals surface area contributed by atoms with Crippen molar-refractivity contribution in [2.75, 3.05) is 178 Å². The molecule has 106 heavy (non-hydrogen) atoms. The van der Waals surface area contributed by atoms with E-state index in [2.05, 4.69) is 37.2 Å². The molecule has 0 radical (unpaired) electrons. The summed E-state index contributed by atoms with van der Waals surface area (Å²) in [6.07, 6.45) is -12.2. The van der Waals surface area contributed by atoms with Crippen molar-refractivity contribution in [3.05, 3.63) is 0 Å². The third-order valence-corrected chi connectivity index (χ3v) is 14.3. The Morgan fingerprint density at radius 2 is 0.642 bits per heavy atom. The van der Waals surface area contributed by atoms with Crippen molar-refractivity contribution in [3.8, 4) is 0 Å². The van der Waals surface area contributed by atoms with Crippen LogP contribution < -0.4 is 37.2 Å². The van der Waals surface area contributed by atoms with Gasteiger partial charge in [-0.15, -0.1) is 0 Å².